The third-order valence-corrected chi connectivity index (χ3v) is 2.48. The van der Waals surface area contributed by atoms with Crippen molar-refractivity contribution in [3.05, 3.63) is 52.5 Å². The molecule has 0 aliphatic rings. The van der Waals surface area contributed by atoms with Gasteiger partial charge in [-0.25, -0.2) is 9.37 Å². The minimum absolute atomic E-state index is 0.0976. The summed E-state index contributed by atoms with van der Waals surface area (Å²) in [5, 5.41) is 0.494. The number of pyridine rings is 1. The van der Waals surface area contributed by atoms with Gasteiger partial charge in [0, 0.05) is 6.20 Å². The molecule has 2 rings (SSSR count). The Kier molecular flexibility index (Phi) is 2.89. The Morgan fingerprint density at radius 2 is 1.73 bits per heavy atom. The van der Waals surface area contributed by atoms with E-state index in [4.69, 9.17) is 23.2 Å². The molecule has 0 spiro atoms. The molecule has 4 heteroatoms. The van der Waals surface area contributed by atoms with E-state index >= 15 is 0 Å². The highest BCUT2D eigenvalue weighted by Gasteiger charge is 2.03. The van der Waals surface area contributed by atoms with Crippen molar-refractivity contribution in [2.24, 2.45) is 0 Å². The van der Waals surface area contributed by atoms with Crippen LogP contribution in [0.2, 0.25) is 10.2 Å². The number of nitrogens with zero attached hydrogens (tertiary/aromatic N) is 1. The largest absolute Gasteiger partial charge is 0.245 e. The molecule has 0 bridgehead atoms. The van der Waals surface area contributed by atoms with Gasteiger partial charge in [0.05, 0.1) is 5.02 Å². The van der Waals surface area contributed by atoms with E-state index in [-0.39, 0.29) is 5.02 Å². The Bertz CT molecular complexity index is 500. The van der Waals surface area contributed by atoms with E-state index in [0.29, 0.717) is 5.15 Å². The molecular formula is C11H6Cl2FN. The van der Waals surface area contributed by atoms with Gasteiger partial charge in [-0.3, -0.25) is 0 Å². The molecule has 0 atom stereocenters. The van der Waals surface area contributed by atoms with E-state index in [1.807, 2.05) is 0 Å². The van der Waals surface area contributed by atoms with Crippen LogP contribution in [0.3, 0.4) is 0 Å². The molecule has 0 fully saturated rings. The fourth-order valence-electron chi connectivity index (χ4n) is 1.26. The second-order valence-corrected chi connectivity index (χ2v) is 3.79. The molecule has 1 aromatic carbocycles. The van der Waals surface area contributed by atoms with Crippen molar-refractivity contribution < 1.29 is 4.39 Å². The highest BCUT2D eigenvalue weighted by molar-refractivity contribution is 6.31. The van der Waals surface area contributed by atoms with E-state index < -0.39 is 5.82 Å². The molecule has 0 radical (unpaired) electrons. The lowest BCUT2D eigenvalue weighted by atomic mass is 10.1. The van der Waals surface area contributed by atoms with Crippen LogP contribution in [-0.4, -0.2) is 4.98 Å². The van der Waals surface area contributed by atoms with Crippen LogP contribution >= 0.6 is 23.2 Å². The van der Waals surface area contributed by atoms with E-state index in [1.54, 1.807) is 30.5 Å². The highest BCUT2D eigenvalue weighted by atomic mass is 35.5. The Morgan fingerprint density at radius 3 is 2.40 bits per heavy atom. The molecule has 1 aromatic heterocycles. The van der Waals surface area contributed by atoms with Gasteiger partial charge in [-0.1, -0.05) is 29.3 Å². The normalized spacial score (nSPS) is 10.3. The molecule has 0 N–H and O–H groups in total. The monoisotopic (exact) mass is 241 g/mol. The molecule has 0 aliphatic heterocycles. The van der Waals surface area contributed by atoms with Gasteiger partial charge in [0.2, 0.25) is 0 Å². The summed E-state index contributed by atoms with van der Waals surface area (Å²) in [6, 6.07) is 8.02. The Morgan fingerprint density at radius 1 is 1.00 bits per heavy atom. The van der Waals surface area contributed by atoms with Gasteiger partial charge in [-0.2, -0.15) is 0 Å². The average Bonchev–Trinajstić information content (AvgIpc) is 2.22. The van der Waals surface area contributed by atoms with Crippen molar-refractivity contribution in [2.45, 2.75) is 0 Å². The first-order chi connectivity index (χ1) is 7.16. The minimum Gasteiger partial charge on any atom is -0.245 e. The molecule has 0 unspecified atom stereocenters. The van der Waals surface area contributed by atoms with E-state index in [1.165, 1.54) is 6.07 Å². The maximum Gasteiger partial charge on any atom is 0.141 e. The molecule has 0 saturated carbocycles. The van der Waals surface area contributed by atoms with Gasteiger partial charge in [0.15, 0.2) is 0 Å². The van der Waals surface area contributed by atoms with Crippen LogP contribution in [0.25, 0.3) is 11.1 Å². The van der Waals surface area contributed by atoms with Gasteiger partial charge in [-0.05, 0) is 35.4 Å². The predicted octanol–water partition coefficient (Wildman–Crippen LogP) is 4.19. The summed E-state index contributed by atoms with van der Waals surface area (Å²) in [6.07, 6.45) is 1.59. The molecule has 76 valence electrons. The Labute approximate surface area is 96.5 Å². The zero-order chi connectivity index (χ0) is 10.8. The van der Waals surface area contributed by atoms with Gasteiger partial charge >= 0.3 is 0 Å². The highest BCUT2D eigenvalue weighted by Crippen LogP contribution is 2.25. The molecule has 0 aliphatic carbocycles. The minimum atomic E-state index is -0.430. The predicted molar refractivity (Wildman–Crippen MR) is 59.7 cm³/mol. The van der Waals surface area contributed by atoms with Gasteiger partial charge in [-0.15, -0.1) is 0 Å². The van der Waals surface area contributed by atoms with Gasteiger partial charge in [0.25, 0.3) is 0 Å². The summed E-state index contributed by atoms with van der Waals surface area (Å²) in [4.78, 5) is 3.86. The zero-order valence-corrected chi connectivity index (χ0v) is 9.06. The van der Waals surface area contributed by atoms with Crippen molar-refractivity contribution in [1.29, 1.82) is 0 Å². The van der Waals surface area contributed by atoms with Crippen molar-refractivity contribution in [2.75, 3.05) is 0 Å². The number of benzene rings is 1. The van der Waals surface area contributed by atoms with Crippen LogP contribution < -0.4 is 0 Å². The summed E-state index contributed by atoms with van der Waals surface area (Å²) in [5.41, 5.74) is 1.67. The Balaban J connectivity index is 2.50. The average molecular weight is 242 g/mol. The lowest BCUT2D eigenvalue weighted by Crippen LogP contribution is -1.82. The van der Waals surface area contributed by atoms with Crippen LogP contribution in [0.5, 0.6) is 0 Å². The number of hydrogen-bond donors (Lipinski definition) is 0. The molecule has 0 saturated heterocycles. The smallest absolute Gasteiger partial charge is 0.141 e. The number of halogens is 3. The van der Waals surface area contributed by atoms with Crippen LogP contribution in [0.1, 0.15) is 0 Å². The molecule has 1 heterocycles. The fourth-order valence-corrected chi connectivity index (χ4v) is 1.61. The fraction of sp³-hybridized carbons (Fsp3) is 0. The third-order valence-electron chi connectivity index (χ3n) is 1.98. The molecular weight excluding hydrogens is 236 g/mol. The molecule has 2 aromatic rings. The van der Waals surface area contributed by atoms with Crippen LogP contribution in [0.15, 0.2) is 36.5 Å². The van der Waals surface area contributed by atoms with E-state index in [2.05, 4.69) is 4.98 Å². The number of hydrogen-bond acceptors (Lipinski definition) is 1. The number of aromatic nitrogens is 1. The molecule has 15 heavy (non-hydrogen) atoms. The summed E-state index contributed by atoms with van der Waals surface area (Å²) >= 11 is 11.4. The van der Waals surface area contributed by atoms with Gasteiger partial charge < -0.3 is 0 Å². The van der Waals surface area contributed by atoms with Crippen molar-refractivity contribution in [3.63, 3.8) is 0 Å². The maximum atomic E-state index is 12.9. The lowest BCUT2D eigenvalue weighted by molar-refractivity contribution is 0.628. The molecule has 0 amide bonds. The van der Waals surface area contributed by atoms with Crippen molar-refractivity contribution in [1.82, 2.24) is 4.98 Å². The summed E-state index contributed by atoms with van der Waals surface area (Å²) in [7, 11) is 0. The second-order valence-electron chi connectivity index (χ2n) is 3.00. The first kappa shape index (κ1) is 10.4. The Hall–Kier alpha value is -1.12. The summed E-state index contributed by atoms with van der Waals surface area (Å²) < 4.78 is 12.9. The van der Waals surface area contributed by atoms with E-state index in [0.717, 1.165) is 11.1 Å². The first-order valence-electron chi connectivity index (χ1n) is 4.24. The number of rotatable bonds is 1. The van der Waals surface area contributed by atoms with Crippen molar-refractivity contribution >= 4 is 23.2 Å². The van der Waals surface area contributed by atoms with Crippen LogP contribution in [0, 0.1) is 5.82 Å². The zero-order valence-electron chi connectivity index (χ0n) is 7.55. The summed E-state index contributed by atoms with van der Waals surface area (Å²) in [6.45, 7) is 0. The topological polar surface area (TPSA) is 12.9 Å². The second kappa shape index (κ2) is 4.17. The van der Waals surface area contributed by atoms with E-state index in [9.17, 15) is 4.39 Å². The van der Waals surface area contributed by atoms with Crippen LogP contribution in [0.4, 0.5) is 4.39 Å². The third kappa shape index (κ3) is 2.28. The van der Waals surface area contributed by atoms with Crippen LogP contribution in [-0.2, 0) is 0 Å². The van der Waals surface area contributed by atoms with Crippen molar-refractivity contribution in [3.8, 4) is 11.1 Å². The maximum absolute atomic E-state index is 12.9. The standard InChI is InChI=1S/C11H6Cl2FN/c12-9-5-7(1-2-10(9)14)8-3-4-15-11(13)6-8/h1-6H. The molecule has 1 nitrogen and oxygen atoms in total. The van der Waals surface area contributed by atoms with Gasteiger partial charge in [0.1, 0.15) is 11.0 Å². The quantitative estimate of drug-likeness (QED) is 0.683. The first-order valence-corrected chi connectivity index (χ1v) is 4.99. The SMILES string of the molecule is Fc1ccc(-c2ccnc(Cl)c2)cc1Cl. The summed E-state index contributed by atoms with van der Waals surface area (Å²) in [5.74, 6) is -0.430. The lowest BCUT2D eigenvalue weighted by Gasteiger charge is -2.02.